The van der Waals surface area contributed by atoms with E-state index < -0.39 is 6.61 Å². The second-order valence-electron chi connectivity index (χ2n) is 6.38. The summed E-state index contributed by atoms with van der Waals surface area (Å²) in [6, 6.07) is 7.98. The second kappa shape index (κ2) is 7.37. The number of aryl methyl sites for hydroxylation is 1. The molecule has 1 aliphatic heterocycles. The van der Waals surface area contributed by atoms with Crippen LogP contribution in [0.4, 0.5) is 14.6 Å². The van der Waals surface area contributed by atoms with Crippen LogP contribution in [0.2, 0.25) is 0 Å². The number of anilines is 1. The number of hydrogen-bond acceptors (Lipinski definition) is 6. The fourth-order valence-corrected chi connectivity index (χ4v) is 3.29. The van der Waals surface area contributed by atoms with Gasteiger partial charge in [0.15, 0.2) is 0 Å². The van der Waals surface area contributed by atoms with Gasteiger partial charge in [0.1, 0.15) is 17.9 Å². The number of piperazine rings is 1. The number of benzene rings is 1. The maximum Gasteiger partial charge on any atom is 0.387 e. The molecule has 1 aromatic carbocycles. The van der Waals surface area contributed by atoms with Gasteiger partial charge in [-0.1, -0.05) is 12.1 Å². The molecule has 3 heterocycles. The van der Waals surface area contributed by atoms with Crippen LogP contribution >= 0.6 is 0 Å². The SMILES string of the molecule is Cc1cc(N2CCN(C(=O)c3ccccc3OC(F)F)CC2)n2ncnc2n1. The number of rotatable bonds is 4. The summed E-state index contributed by atoms with van der Waals surface area (Å²) in [5, 5.41) is 4.21. The first-order valence-corrected chi connectivity index (χ1v) is 8.78. The van der Waals surface area contributed by atoms with Crippen LogP contribution in [0.3, 0.4) is 0 Å². The summed E-state index contributed by atoms with van der Waals surface area (Å²) in [4.78, 5) is 25.0. The number of amides is 1. The molecule has 0 saturated carbocycles. The minimum Gasteiger partial charge on any atom is -0.434 e. The second-order valence-corrected chi connectivity index (χ2v) is 6.38. The Morgan fingerprint density at radius 2 is 1.93 bits per heavy atom. The molecule has 10 heteroatoms. The molecule has 4 rings (SSSR count). The van der Waals surface area contributed by atoms with Crippen LogP contribution in [-0.4, -0.2) is 63.2 Å². The summed E-state index contributed by atoms with van der Waals surface area (Å²) >= 11 is 0. The van der Waals surface area contributed by atoms with E-state index in [4.69, 9.17) is 0 Å². The number of carbonyl (C=O) groups is 1. The van der Waals surface area contributed by atoms with Crippen molar-refractivity contribution in [2.45, 2.75) is 13.5 Å². The summed E-state index contributed by atoms with van der Waals surface area (Å²) in [5.74, 6) is 0.937. The highest BCUT2D eigenvalue weighted by Gasteiger charge is 2.26. The molecular weight excluding hydrogens is 370 g/mol. The van der Waals surface area contributed by atoms with E-state index in [1.165, 1.54) is 18.5 Å². The minimum atomic E-state index is -2.98. The molecule has 1 saturated heterocycles. The first kappa shape index (κ1) is 18.1. The van der Waals surface area contributed by atoms with E-state index >= 15 is 0 Å². The number of nitrogens with zero attached hydrogens (tertiary/aromatic N) is 6. The van der Waals surface area contributed by atoms with Crippen LogP contribution < -0.4 is 9.64 Å². The monoisotopic (exact) mass is 388 g/mol. The van der Waals surface area contributed by atoms with Crippen LogP contribution in [-0.2, 0) is 0 Å². The van der Waals surface area contributed by atoms with Crippen molar-refractivity contribution in [3.8, 4) is 5.75 Å². The highest BCUT2D eigenvalue weighted by molar-refractivity contribution is 5.97. The van der Waals surface area contributed by atoms with E-state index in [0.717, 1.165) is 11.5 Å². The Bertz CT molecular complexity index is 1000. The Morgan fingerprint density at radius 1 is 1.18 bits per heavy atom. The molecule has 1 aliphatic rings. The summed E-state index contributed by atoms with van der Waals surface area (Å²) < 4.78 is 31.4. The van der Waals surface area contributed by atoms with Crippen LogP contribution in [0.5, 0.6) is 5.75 Å². The first-order valence-electron chi connectivity index (χ1n) is 8.78. The van der Waals surface area contributed by atoms with Gasteiger partial charge < -0.3 is 14.5 Å². The highest BCUT2D eigenvalue weighted by atomic mass is 19.3. The Labute approximate surface area is 159 Å². The number of fused-ring (bicyclic) bond motifs is 1. The molecule has 146 valence electrons. The lowest BCUT2D eigenvalue weighted by atomic mass is 10.1. The van der Waals surface area contributed by atoms with Gasteiger partial charge in [-0.05, 0) is 19.1 Å². The molecule has 2 aromatic heterocycles. The molecule has 28 heavy (non-hydrogen) atoms. The summed E-state index contributed by atoms with van der Waals surface area (Å²) in [6.07, 6.45) is 1.45. The Morgan fingerprint density at radius 3 is 2.68 bits per heavy atom. The van der Waals surface area contributed by atoms with Crippen LogP contribution in [0.25, 0.3) is 5.78 Å². The number of halogens is 2. The fraction of sp³-hybridized carbons (Fsp3) is 0.333. The average Bonchev–Trinajstić information content (AvgIpc) is 3.15. The Hall–Kier alpha value is -3.30. The lowest BCUT2D eigenvalue weighted by molar-refractivity contribution is -0.0502. The van der Waals surface area contributed by atoms with Crippen LogP contribution in [0.1, 0.15) is 16.1 Å². The molecule has 0 radical (unpaired) electrons. The van der Waals surface area contributed by atoms with Gasteiger partial charge in [0, 0.05) is 37.9 Å². The lowest BCUT2D eigenvalue weighted by Gasteiger charge is -2.36. The molecule has 3 aromatic rings. The van der Waals surface area contributed by atoms with E-state index in [0.29, 0.717) is 32.0 Å². The standard InChI is InChI=1S/C18H18F2N6O2/c1-12-10-15(26-18(23-12)21-11-22-26)24-6-8-25(9-7-24)16(27)13-4-2-3-5-14(13)28-17(19)20/h2-5,10-11,17H,6-9H2,1H3. The van der Waals surface area contributed by atoms with Crippen molar-refractivity contribution in [3.63, 3.8) is 0 Å². The quantitative estimate of drug-likeness (QED) is 0.681. The van der Waals surface area contributed by atoms with Gasteiger partial charge in [0.05, 0.1) is 5.56 Å². The van der Waals surface area contributed by atoms with E-state index in [-0.39, 0.29) is 17.2 Å². The molecule has 0 unspecified atom stereocenters. The van der Waals surface area contributed by atoms with Gasteiger partial charge in [0.25, 0.3) is 11.7 Å². The molecular formula is C18H18F2N6O2. The number of alkyl halides is 2. The maximum absolute atomic E-state index is 12.8. The third-order valence-electron chi connectivity index (χ3n) is 4.59. The molecule has 1 amide bonds. The molecule has 0 spiro atoms. The van der Waals surface area contributed by atoms with Crippen molar-refractivity contribution in [2.75, 3.05) is 31.1 Å². The summed E-state index contributed by atoms with van der Waals surface area (Å²) in [5.41, 5.74) is 0.960. The van der Waals surface area contributed by atoms with Crippen LogP contribution in [0, 0.1) is 6.92 Å². The van der Waals surface area contributed by atoms with Crippen molar-refractivity contribution >= 4 is 17.5 Å². The zero-order valence-corrected chi connectivity index (χ0v) is 15.1. The van der Waals surface area contributed by atoms with Gasteiger partial charge >= 0.3 is 6.61 Å². The first-order chi connectivity index (χ1) is 13.5. The topological polar surface area (TPSA) is 75.9 Å². The fourth-order valence-electron chi connectivity index (χ4n) is 3.29. The molecule has 0 bridgehead atoms. The largest absolute Gasteiger partial charge is 0.434 e. The number of para-hydroxylation sites is 1. The third kappa shape index (κ3) is 3.45. The van der Waals surface area contributed by atoms with E-state index in [9.17, 15) is 13.6 Å². The van der Waals surface area contributed by atoms with E-state index in [2.05, 4.69) is 24.7 Å². The number of ether oxygens (including phenoxy) is 1. The normalized spacial score (nSPS) is 14.7. The van der Waals surface area contributed by atoms with Crippen molar-refractivity contribution in [2.24, 2.45) is 0 Å². The van der Waals surface area contributed by atoms with Crippen molar-refractivity contribution in [3.05, 3.63) is 47.9 Å². The zero-order valence-electron chi connectivity index (χ0n) is 15.1. The molecule has 1 fully saturated rings. The Kier molecular flexibility index (Phi) is 4.76. The van der Waals surface area contributed by atoms with Crippen molar-refractivity contribution < 1.29 is 18.3 Å². The summed E-state index contributed by atoms with van der Waals surface area (Å²) in [7, 11) is 0. The van der Waals surface area contributed by atoms with Crippen LogP contribution in [0.15, 0.2) is 36.7 Å². The number of carbonyl (C=O) groups excluding carboxylic acids is 1. The minimum absolute atomic E-state index is 0.112. The van der Waals surface area contributed by atoms with E-state index in [1.807, 2.05) is 13.0 Å². The average molecular weight is 388 g/mol. The summed E-state index contributed by atoms with van der Waals surface area (Å²) in [6.45, 7) is 0.937. The third-order valence-corrected chi connectivity index (χ3v) is 4.59. The number of hydrogen-bond donors (Lipinski definition) is 0. The highest BCUT2D eigenvalue weighted by Crippen LogP contribution is 2.24. The van der Waals surface area contributed by atoms with Gasteiger partial charge in [-0.25, -0.2) is 4.98 Å². The van der Waals surface area contributed by atoms with Gasteiger partial charge in [-0.3, -0.25) is 4.79 Å². The van der Waals surface area contributed by atoms with Gasteiger partial charge in [-0.2, -0.15) is 23.4 Å². The molecule has 8 nitrogen and oxygen atoms in total. The molecule has 0 aliphatic carbocycles. The van der Waals surface area contributed by atoms with E-state index in [1.54, 1.807) is 21.5 Å². The smallest absolute Gasteiger partial charge is 0.387 e. The Balaban J connectivity index is 1.50. The maximum atomic E-state index is 12.8. The molecule has 0 atom stereocenters. The van der Waals surface area contributed by atoms with Gasteiger partial charge in [-0.15, -0.1) is 0 Å². The lowest BCUT2D eigenvalue weighted by Crippen LogP contribution is -2.49. The van der Waals surface area contributed by atoms with Crippen molar-refractivity contribution in [1.82, 2.24) is 24.5 Å². The zero-order chi connectivity index (χ0) is 19.7. The predicted molar refractivity (Wildman–Crippen MR) is 96.7 cm³/mol. The van der Waals surface area contributed by atoms with Crippen molar-refractivity contribution in [1.29, 1.82) is 0 Å². The van der Waals surface area contributed by atoms with Gasteiger partial charge in [0.2, 0.25) is 0 Å². The number of aromatic nitrogens is 4. The predicted octanol–water partition coefficient (Wildman–Crippen LogP) is 2.00. The molecule has 0 N–H and O–H groups in total.